The Kier molecular flexibility index (Phi) is 4.90. The summed E-state index contributed by atoms with van der Waals surface area (Å²) >= 11 is 0. The number of benzene rings is 1. The van der Waals surface area contributed by atoms with Crippen LogP contribution in [0.2, 0.25) is 0 Å². The molecule has 3 atom stereocenters. The Balaban J connectivity index is 2.03. The van der Waals surface area contributed by atoms with E-state index in [4.69, 9.17) is 14.6 Å². The van der Waals surface area contributed by atoms with E-state index in [0.29, 0.717) is 13.0 Å². The highest BCUT2D eigenvalue weighted by atomic mass is 16.7. The summed E-state index contributed by atoms with van der Waals surface area (Å²) in [6, 6.07) is 9.56. The summed E-state index contributed by atoms with van der Waals surface area (Å²) in [6.45, 7) is 0.771. The van der Waals surface area contributed by atoms with Gasteiger partial charge in [0.1, 0.15) is 0 Å². The molecule has 0 radical (unpaired) electrons. The molecule has 1 aromatic carbocycles. The molecule has 1 fully saturated rings. The molecule has 0 unspecified atom stereocenters. The molecule has 5 heteroatoms. The lowest BCUT2D eigenvalue weighted by atomic mass is 10.0. The van der Waals surface area contributed by atoms with Crippen molar-refractivity contribution in [3.05, 3.63) is 35.9 Å². The van der Waals surface area contributed by atoms with Gasteiger partial charge in [-0.2, -0.15) is 0 Å². The molecular formula is C14H21NO4. The van der Waals surface area contributed by atoms with E-state index in [9.17, 15) is 5.11 Å². The van der Waals surface area contributed by atoms with Crippen molar-refractivity contribution in [3.8, 4) is 0 Å². The van der Waals surface area contributed by atoms with E-state index in [1.165, 1.54) is 7.11 Å². The van der Waals surface area contributed by atoms with Crippen LogP contribution in [0.4, 0.5) is 0 Å². The first-order valence-corrected chi connectivity index (χ1v) is 6.47. The van der Waals surface area contributed by atoms with Crippen molar-refractivity contribution in [1.29, 1.82) is 0 Å². The number of nitrogens with one attached hydrogen (secondary N) is 1. The van der Waals surface area contributed by atoms with Gasteiger partial charge in [0.2, 0.25) is 0 Å². The molecule has 1 aliphatic heterocycles. The number of hydrogen-bond donors (Lipinski definition) is 3. The molecule has 0 amide bonds. The molecule has 0 bridgehead atoms. The summed E-state index contributed by atoms with van der Waals surface area (Å²) < 4.78 is 11.0. The molecule has 106 valence electrons. The SMILES string of the molecule is CO[C@]1(CCO)OC[C@@H](O)[C@H]1NCc1ccccc1. The summed E-state index contributed by atoms with van der Waals surface area (Å²) in [5.74, 6) is -0.955. The Morgan fingerprint density at radius 2 is 2.16 bits per heavy atom. The minimum Gasteiger partial charge on any atom is -0.396 e. The quantitative estimate of drug-likeness (QED) is 0.690. The average molecular weight is 267 g/mol. The zero-order valence-corrected chi connectivity index (χ0v) is 11.1. The van der Waals surface area contributed by atoms with Gasteiger partial charge in [0.25, 0.3) is 0 Å². The third-order valence-corrected chi connectivity index (χ3v) is 3.53. The molecular weight excluding hydrogens is 246 g/mol. The first-order valence-electron chi connectivity index (χ1n) is 6.47. The number of methoxy groups -OCH3 is 1. The van der Waals surface area contributed by atoms with Crippen LogP contribution in [0.1, 0.15) is 12.0 Å². The molecule has 1 saturated heterocycles. The predicted octanol–water partition coefficient (Wildman–Crippen LogP) is 0.261. The van der Waals surface area contributed by atoms with E-state index in [-0.39, 0.29) is 19.3 Å². The van der Waals surface area contributed by atoms with Crippen LogP contribution in [0.15, 0.2) is 30.3 Å². The van der Waals surface area contributed by atoms with Crippen LogP contribution in [0.5, 0.6) is 0 Å². The third-order valence-electron chi connectivity index (χ3n) is 3.53. The fourth-order valence-electron chi connectivity index (χ4n) is 2.49. The number of rotatable bonds is 6. The van der Waals surface area contributed by atoms with Crippen molar-refractivity contribution in [3.63, 3.8) is 0 Å². The normalized spacial score (nSPS) is 30.7. The Labute approximate surface area is 113 Å². The molecule has 0 aromatic heterocycles. The van der Waals surface area contributed by atoms with Crippen molar-refractivity contribution < 1.29 is 19.7 Å². The fourth-order valence-corrected chi connectivity index (χ4v) is 2.49. The maximum atomic E-state index is 10.0. The summed E-state index contributed by atoms with van der Waals surface area (Å²) in [6.07, 6.45) is -0.317. The van der Waals surface area contributed by atoms with Gasteiger partial charge in [-0.25, -0.2) is 0 Å². The van der Waals surface area contributed by atoms with E-state index < -0.39 is 11.9 Å². The highest BCUT2D eigenvalue weighted by Gasteiger charge is 2.49. The summed E-state index contributed by atoms with van der Waals surface area (Å²) in [4.78, 5) is 0. The molecule has 1 aromatic rings. The zero-order valence-electron chi connectivity index (χ0n) is 11.1. The molecule has 0 spiro atoms. The highest BCUT2D eigenvalue weighted by Crippen LogP contribution is 2.30. The Morgan fingerprint density at radius 1 is 1.42 bits per heavy atom. The zero-order chi connectivity index (χ0) is 13.7. The van der Waals surface area contributed by atoms with Crippen LogP contribution in [-0.4, -0.2) is 48.5 Å². The van der Waals surface area contributed by atoms with Gasteiger partial charge in [-0.1, -0.05) is 30.3 Å². The van der Waals surface area contributed by atoms with Crippen molar-refractivity contribution >= 4 is 0 Å². The van der Waals surface area contributed by atoms with Gasteiger partial charge < -0.3 is 25.0 Å². The van der Waals surface area contributed by atoms with Gasteiger partial charge in [-0.15, -0.1) is 0 Å². The largest absolute Gasteiger partial charge is 0.396 e. The minimum atomic E-state index is -0.955. The number of aliphatic hydroxyl groups excluding tert-OH is 2. The second-order valence-electron chi connectivity index (χ2n) is 4.71. The van der Waals surface area contributed by atoms with Gasteiger partial charge in [0.05, 0.1) is 18.8 Å². The van der Waals surface area contributed by atoms with Crippen LogP contribution >= 0.6 is 0 Å². The molecule has 1 heterocycles. The lowest BCUT2D eigenvalue weighted by molar-refractivity contribution is -0.212. The lowest BCUT2D eigenvalue weighted by Gasteiger charge is -2.33. The highest BCUT2D eigenvalue weighted by molar-refractivity contribution is 5.14. The number of aliphatic hydroxyl groups is 2. The van der Waals surface area contributed by atoms with E-state index in [0.717, 1.165) is 5.56 Å². The maximum Gasteiger partial charge on any atom is 0.188 e. The smallest absolute Gasteiger partial charge is 0.188 e. The second-order valence-corrected chi connectivity index (χ2v) is 4.71. The summed E-state index contributed by atoms with van der Waals surface area (Å²) in [5.41, 5.74) is 1.12. The molecule has 2 rings (SSSR count). The second kappa shape index (κ2) is 6.45. The van der Waals surface area contributed by atoms with Gasteiger partial charge in [0, 0.05) is 26.7 Å². The van der Waals surface area contributed by atoms with E-state index in [2.05, 4.69) is 5.32 Å². The van der Waals surface area contributed by atoms with E-state index >= 15 is 0 Å². The maximum absolute atomic E-state index is 10.0. The fraction of sp³-hybridized carbons (Fsp3) is 0.571. The van der Waals surface area contributed by atoms with E-state index in [1.54, 1.807) is 0 Å². The van der Waals surface area contributed by atoms with E-state index in [1.807, 2.05) is 30.3 Å². The van der Waals surface area contributed by atoms with Crippen LogP contribution in [0.3, 0.4) is 0 Å². The number of ether oxygens (including phenoxy) is 2. The predicted molar refractivity (Wildman–Crippen MR) is 70.5 cm³/mol. The monoisotopic (exact) mass is 267 g/mol. The van der Waals surface area contributed by atoms with Gasteiger partial charge in [0.15, 0.2) is 5.79 Å². The van der Waals surface area contributed by atoms with Crippen molar-refractivity contribution in [2.75, 3.05) is 20.3 Å². The van der Waals surface area contributed by atoms with Gasteiger partial charge in [-0.05, 0) is 5.56 Å². The summed E-state index contributed by atoms with van der Waals surface area (Å²) in [7, 11) is 1.53. The molecule has 0 aliphatic carbocycles. The van der Waals surface area contributed by atoms with Crippen molar-refractivity contribution in [2.45, 2.75) is 30.9 Å². The van der Waals surface area contributed by atoms with Crippen LogP contribution in [-0.2, 0) is 16.0 Å². The molecule has 3 N–H and O–H groups in total. The van der Waals surface area contributed by atoms with Crippen LogP contribution < -0.4 is 5.32 Å². The Morgan fingerprint density at radius 3 is 2.79 bits per heavy atom. The molecule has 19 heavy (non-hydrogen) atoms. The van der Waals surface area contributed by atoms with Crippen LogP contribution in [0.25, 0.3) is 0 Å². The summed E-state index contributed by atoms with van der Waals surface area (Å²) in [5, 5.41) is 22.4. The first-order chi connectivity index (χ1) is 9.22. The van der Waals surface area contributed by atoms with Gasteiger partial charge >= 0.3 is 0 Å². The van der Waals surface area contributed by atoms with Gasteiger partial charge in [-0.3, -0.25) is 0 Å². The minimum absolute atomic E-state index is 0.0515. The van der Waals surface area contributed by atoms with Crippen molar-refractivity contribution in [1.82, 2.24) is 5.32 Å². The number of hydrogen-bond acceptors (Lipinski definition) is 5. The topological polar surface area (TPSA) is 71.0 Å². The standard InChI is InChI=1S/C14H21NO4/c1-18-14(7-8-16)13(12(17)10-19-14)15-9-11-5-3-2-4-6-11/h2-6,12-13,15-17H,7-10H2,1H3/t12-,13-,14-/m1/s1. The Hall–Kier alpha value is -0.980. The molecule has 0 saturated carbocycles. The lowest BCUT2D eigenvalue weighted by Crippen LogP contribution is -2.53. The Bertz CT molecular complexity index is 382. The molecule has 5 nitrogen and oxygen atoms in total. The van der Waals surface area contributed by atoms with Crippen LogP contribution in [0, 0.1) is 0 Å². The first kappa shape index (κ1) is 14.4. The van der Waals surface area contributed by atoms with Crippen molar-refractivity contribution in [2.24, 2.45) is 0 Å². The third kappa shape index (κ3) is 3.13. The average Bonchev–Trinajstić information content (AvgIpc) is 2.75. The molecule has 1 aliphatic rings.